The molecule has 0 aromatic carbocycles. The Kier molecular flexibility index (Phi) is 5.29. The molecule has 9 heavy (non-hydrogen) atoms. The van der Waals surface area contributed by atoms with Gasteiger partial charge in [0.1, 0.15) is 6.61 Å². The standard InChI is InChI=1S/C7H12NO/c1-8(2)6-4-3-5-7-9/h4,6-7H2,1-2H3. The van der Waals surface area contributed by atoms with Crippen molar-refractivity contribution >= 4 is 0 Å². The fourth-order valence-corrected chi connectivity index (χ4v) is 0.419. The first-order chi connectivity index (χ1) is 4.27. The van der Waals surface area contributed by atoms with Crippen LogP contribution < -0.4 is 0 Å². The molecule has 0 aromatic rings. The van der Waals surface area contributed by atoms with Gasteiger partial charge in [-0.05, 0) is 14.1 Å². The number of nitrogens with zero attached hydrogens (tertiary/aromatic N) is 1. The molecule has 0 amide bonds. The van der Waals surface area contributed by atoms with Gasteiger partial charge >= 0.3 is 0 Å². The normalized spacial score (nSPS) is 8.89. The lowest BCUT2D eigenvalue weighted by molar-refractivity contribution is 0.239. The fourth-order valence-electron chi connectivity index (χ4n) is 0.419. The predicted octanol–water partition coefficient (Wildman–Crippen LogP) is 0.372. The first-order valence-corrected chi connectivity index (χ1v) is 2.96. The maximum absolute atomic E-state index is 9.79. The topological polar surface area (TPSA) is 23.1 Å². The van der Waals surface area contributed by atoms with Gasteiger partial charge in [0.25, 0.3) is 0 Å². The molecule has 51 valence electrons. The SMILES string of the molecule is CN(C)CCC#CC[O]. The third-order valence-corrected chi connectivity index (χ3v) is 0.881. The molecule has 0 bridgehead atoms. The van der Waals surface area contributed by atoms with Gasteiger partial charge < -0.3 is 4.90 Å². The van der Waals surface area contributed by atoms with Crippen LogP contribution in [-0.4, -0.2) is 32.1 Å². The molecular weight excluding hydrogens is 114 g/mol. The number of rotatable bonds is 2. The van der Waals surface area contributed by atoms with Gasteiger partial charge in [0.2, 0.25) is 0 Å². The molecule has 2 heteroatoms. The largest absolute Gasteiger partial charge is 0.308 e. The molecular formula is C7H12NO. The van der Waals surface area contributed by atoms with Crippen LogP contribution in [0.3, 0.4) is 0 Å². The van der Waals surface area contributed by atoms with Crippen LogP contribution in [0.15, 0.2) is 0 Å². The summed E-state index contributed by atoms with van der Waals surface area (Å²) in [6, 6.07) is 0. The van der Waals surface area contributed by atoms with Crippen LogP contribution in [0.2, 0.25) is 0 Å². The third kappa shape index (κ3) is 7.48. The highest BCUT2D eigenvalue weighted by Gasteiger charge is 1.83. The number of hydrogen-bond donors (Lipinski definition) is 0. The summed E-state index contributed by atoms with van der Waals surface area (Å²) in [7, 11) is 3.97. The van der Waals surface area contributed by atoms with Crippen molar-refractivity contribution in [3.63, 3.8) is 0 Å². The number of hydrogen-bond acceptors (Lipinski definition) is 1. The van der Waals surface area contributed by atoms with Crippen molar-refractivity contribution in [1.29, 1.82) is 0 Å². The van der Waals surface area contributed by atoms with Gasteiger partial charge in [-0.2, -0.15) is 0 Å². The summed E-state index contributed by atoms with van der Waals surface area (Å²) in [6.07, 6.45) is 0.801. The van der Waals surface area contributed by atoms with Crippen LogP contribution in [0.1, 0.15) is 6.42 Å². The second-order valence-electron chi connectivity index (χ2n) is 2.05. The van der Waals surface area contributed by atoms with E-state index in [1.54, 1.807) is 0 Å². The van der Waals surface area contributed by atoms with Gasteiger partial charge in [-0.15, -0.1) is 0 Å². The minimum Gasteiger partial charge on any atom is -0.308 e. The second-order valence-corrected chi connectivity index (χ2v) is 2.05. The molecule has 0 spiro atoms. The lowest BCUT2D eigenvalue weighted by atomic mass is 10.4. The average Bonchev–Trinajstić information content (AvgIpc) is 1.80. The van der Waals surface area contributed by atoms with Gasteiger partial charge in [0.15, 0.2) is 0 Å². The highest BCUT2D eigenvalue weighted by Crippen LogP contribution is 1.78. The van der Waals surface area contributed by atoms with Crippen LogP contribution in [0.25, 0.3) is 0 Å². The summed E-state index contributed by atoms with van der Waals surface area (Å²) in [6.45, 7) is 0.667. The highest BCUT2D eigenvalue weighted by atomic mass is 16.2. The summed E-state index contributed by atoms with van der Waals surface area (Å²) < 4.78 is 0. The molecule has 1 radical (unpaired) electrons. The smallest absolute Gasteiger partial charge is 0.143 e. The molecule has 0 unspecified atom stereocenters. The Morgan fingerprint density at radius 2 is 2.00 bits per heavy atom. The summed E-state index contributed by atoms with van der Waals surface area (Å²) in [5.74, 6) is 5.23. The average molecular weight is 126 g/mol. The molecule has 2 nitrogen and oxygen atoms in total. The van der Waals surface area contributed by atoms with E-state index in [9.17, 15) is 5.11 Å². The molecule has 0 rings (SSSR count). The fraction of sp³-hybridized carbons (Fsp3) is 0.714. The van der Waals surface area contributed by atoms with E-state index >= 15 is 0 Å². The van der Waals surface area contributed by atoms with Crippen molar-refractivity contribution < 1.29 is 5.11 Å². The maximum Gasteiger partial charge on any atom is 0.143 e. The molecule has 0 aliphatic heterocycles. The second kappa shape index (κ2) is 5.61. The van der Waals surface area contributed by atoms with E-state index in [4.69, 9.17) is 0 Å². The zero-order valence-electron chi connectivity index (χ0n) is 5.98. The van der Waals surface area contributed by atoms with E-state index in [0.717, 1.165) is 13.0 Å². The van der Waals surface area contributed by atoms with Crippen LogP contribution >= 0.6 is 0 Å². The monoisotopic (exact) mass is 126 g/mol. The van der Waals surface area contributed by atoms with Crippen LogP contribution in [0, 0.1) is 11.8 Å². The van der Waals surface area contributed by atoms with Crippen molar-refractivity contribution in [2.75, 3.05) is 27.2 Å². The Hall–Kier alpha value is -0.520. The molecule has 0 aliphatic carbocycles. The highest BCUT2D eigenvalue weighted by molar-refractivity contribution is 4.98. The van der Waals surface area contributed by atoms with Gasteiger partial charge in [-0.1, -0.05) is 11.8 Å². The van der Waals surface area contributed by atoms with Gasteiger partial charge in [-0.3, -0.25) is 0 Å². The summed E-state index contributed by atoms with van der Waals surface area (Å²) in [5.41, 5.74) is 0. The van der Waals surface area contributed by atoms with Crippen molar-refractivity contribution in [1.82, 2.24) is 4.90 Å². The van der Waals surface area contributed by atoms with Gasteiger partial charge in [0, 0.05) is 13.0 Å². The molecule has 0 atom stereocenters. The molecule has 0 heterocycles. The molecule has 0 aromatic heterocycles. The van der Waals surface area contributed by atoms with Crippen molar-refractivity contribution in [2.24, 2.45) is 0 Å². The van der Waals surface area contributed by atoms with E-state index in [1.165, 1.54) is 0 Å². The van der Waals surface area contributed by atoms with Crippen LogP contribution in [0.5, 0.6) is 0 Å². The zero-order valence-corrected chi connectivity index (χ0v) is 5.98. The summed E-state index contributed by atoms with van der Waals surface area (Å²) in [4.78, 5) is 2.04. The maximum atomic E-state index is 9.79. The van der Waals surface area contributed by atoms with E-state index in [-0.39, 0.29) is 6.61 Å². The molecule has 0 fully saturated rings. The molecule has 0 saturated carbocycles. The Bertz CT molecular complexity index is 110. The minimum atomic E-state index is -0.270. The third-order valence-electron chi connectivity index (χ3n) is 0.881. The lowest BCUT2D eigenvalue weighted by Gasteiger charge is -2.03. The van der Waals surface area contributed by atoms with Crippen molar-refractivity contribution in [2.45, 2.75) is 6.42 Å². The van der Waals surface area contributed by atoms with Crippen LogP contribution in [0.4, 0.5) is 0 Å². The van der Waals surface area contributed by atoms with Gasteiger partial charge in [-0.25, -0.2) is 5.11 Å². The first kappa shape index (κ1) is 8.48. The van der Waals surface area contributed by atoms with E-state index in [1.807, 2.05) is 19.0 Å². The molecule has 0 saturated heterocycles. The van der Waals surface area contributed by atoms with E-state index in [0.29, 0.717) is 0 Å². The predicted molar refractivity (Wildman–Crippen MR) is 36.5 cm³/mol. The Morgan fingerprint density at radius 1 is 1.33 bits per heavy atom. The zero-order chi connectivity index (χ0) is 7.11. The molecule has 0 N–H and O–H groups in total. The van der Waals surface area contributed by atoms with E-state index < -0.39 is 0 Å². The minimum absolute atomic E-state index is 0.270. The quantitative estimate of drug-likeness (QED) is 0.490. The lowest BCUT2D eigenvalue weighted by Crippen LogP contribution is -2.11. The Balaban J connectivity index is 3.09. The van der Waals surface area contributed by atoms with Crippen LogP contribution in [-0.2, 0) is 5.11 Å². The summed E-state index contributed by atoms with van der Waals surface area (Å²) in [5, 5.41) is 9.79. The van der Waals surface area contributed by atoms with Crippen molar-refractivity contribution in [3.05, 3.63) is 0 Å². The van der Waals surface area contributed by atoms with Gasteiger partial charge in [0.05, 0.1) is 0 Å². The Morgan fingerprint density at radius 3 is 2.44 bits per heavy atom. The Labute approximate surface area is 56.5 Å². The first-order valence-electron chi connectivity index (χ1n) is 2.96. The van der Waals surface area contributed by atoms with E-state index in [2.05, 4.69) is 11.8 Å². The summed E-state index contributed by atoms with van der Waals surface area (Å²) >= 11 is 0. The molecule has 0 aliphatic rings. The van der Waals surface area contributed by atoms with Crippen molar-refractivity contribution in [3.8, 4) is 11.8 Å².